The number of nitrogens with one attached hydrogen (secondary N) is 2. The van der Waals surface area contributed by atoms with Crippen LogP contribution < -0.4 is 15.5 Å². The van der Waals surface area contributed by atoms with Gasteiger partial charge in [-0.1, -0.05) is 26.0 Å². The Labute approximate surface area is 163 Å². The van der Waals surface area contributed by atoms with Crippen molar-refractivity contribution in [1.29, 1.82) is 0 Å². The first kappa shape index (κ1) is 20.9. The molecule has 0 bridgehead atoms. The van der Waals surface area contributed by atoms with Crippen LogP contribution in [0.25, 0.3) is 0 Å². The van der Waals surface area contributed by atoms with E-state index in [1.165, 1.54) is 12.1 Å². The second kappa shape index (κ2) is 8.98. The molecule has 2 aromatic carbocycles. The molecular weight excluding hydrogens is 360 g/mol. The number of nitro benzene ring substituents is 1. The number of non-ortho nitro benzene ring substituents is 1. The van der Waals surface area contributed by atoms with Crippen molar-refractivity contribution in [2.45, 2.75) is 20.4 Å². The summed E-state index contributed by atoms with van der Waals surface area (Å²) in [7, 11) is 3.53. The molecule has 0 aliphatic heterocycles. The lowest BCUT2D eigenvalue weighted by molar-refractivity contribution is -0.384. The minimum atomic E-state index is -0.527. The summed E-state index contributed by atoms with van der Waals surface area (Å²) in [5.41, 5.74) is 2.21. The van der Waals surface area contributed by atoms with E-state index in [0.717, 1.165) is 5.56 Å². The van der Waals surface area contributed by atoms with Crippen LogP contribution in [0.4, 0.5) is 17.1 Å². The van der Waals surface area contributed by atoms with E-state index in [9.17, 15) is 19.7 Å². The van der Waals surface area contributed by atoms with Gasteiger partial charge in [-0.25, -0.2) is 0 Å². The molecule has 28 heavy (non-hydrogen) atoms. The molecule has 0 atom stereocenters. The van der Waals surface area contributed by atoms with E-state index >= 15 is 0 Å². The Balaban J connectivity index is 2.08. The lowest BCUT2D eigenvalue weighted by Crippen LogP contribution is -2.25. The Kier molecular flexibility index (Phi) is 6.70. The number of amides is 2. The molecular formula is C20H24N4O4. The van der Waals surface area contributed by atoms with Crippen molar-refractivity contribution < 1.29 is 14.5 Å². The van der Waals surface area contributed by atoms with Crippen molar-refractivity contribution in [2.24, 2.45) is 5.92 Å². The van der Waals surface area contributed by atoms with Gasteiger partial charge in [0.15, 0.2) is 0 Å². The van der Waals surface area contributed by atoms with Crippen LogP contribution in [0.1, 0.15) is 29.8 Å². The number of nitro groups is 1. The molecule has 0 fully saturated rings. The molecule has 0 aromatic heterocycles. The van der Waals surface area contributed by atoms with Crippen LogP contribution in [0.15, 0.2) is 42.5 Å². The van der Waals surface area contributed by atoms with Crippen LogP contribution in [0.2, 0.25) is 0 Å². The van der Waals surface area contributed by atoms with Crippen molar-refractivity contribution in [1.82, 2.24) is 5.32 Å². The summed E-state index contributed by atoms with van der Waals surface area (Å²) in [6.45, 7) is 3.89. The molecule has 148 valence electrons. The van der Waals surface area contributed by atoms with Crippen molar-refractivity contribution in [3.05, 3.63) is 63.7 Å². The predicted octanol–water partition coefficient (Wildman–Crippen LogP) is 3.19. The molecule has 0 spiro atoms. The van der Waals surface area contributed by atoms with Gasteiger partial charge >= 0.3 is 0 Å². The van der Waals surface area contributed by atoms with Crippen LogP contribution in [0.3, 0.4) is 0 Å². The molecule has 0 unspecified atom stereocenters. The van der Waals surface area contributed by atoms with Gasteiger partial charge in [-0.3, -0.25) is 19.7 Å². The van der Waals surface area contributed by atoms with Gasteiger partial charge in [-0.15, -0.1) is 0 Å². The van der Waals surface area contributed by atoms with Crippen molar-refractivity contribution in [2.75, 3.05) is 24.3 Å². The fraction of sp³-hybridized carbons (Fsp3) is 0.300. The fourth-order valence-electron chi connectivity index (χ4n) is 2.48. The lowest BCUT2D eigenvalue weighted by atomic mass is 10.1. The van der Waals surface area contributed by atoms with Gasteiger partial charge in [0.25, 0.3) is 11.6 Å². The third-order valence-corrected chi connectivity index (χ3v) is 4.12. The van der Waals surface area contributed by atoms with E-state index in [1.807, 2.05) is 13.8 Å². The van der Waals surface area contributed by atoms with Gasteiger partial charge in [0.05, 0.1) is 10.5 Å². The molecule has 0 radical (unpaired) electrons. The highest BCUT2D eigenvalue weighted by molar-refractivity contribution is 6.00. The van der Waals surface area contributed by atoms with E-state index in [-0.39, 0.29) is 29.6 Å². The van der Waals surface area contributed by atoms with E-state index in [1.54, 1.807) is 49.3 Å². The summed E-state index contributed by atoms with van der Waals surface area (Å²) in [6.07, 6.45) is 0. The molecule has 2 rings (SSSR count). The van der Waals surface area contributed by atoms with E-state index < -0.39 is 10.8 Å². The third kappa shape index (κ3) is 5.29. The minimum absolute atomic E-state index is 0.0667. The molecule has 8 nitrogen and oxygen atoms in total. The first-order valence-corrected chi connectivity index (χ1v) is 8.82. The summed E-state index contributed by atoms with van der Waals surface area (Å²) in [5.74, 6) is -0.577. The largest absolute Gasteiger partial charge is 0.377 e. The molecule has 0 aliphatic rings. The quantitative estimate of drug-likeness (QED) is 0.563. The van der Waals surface area contributed by atoms with Crippen LogP contribution >= 0.6 is 0 Å². The Morgan fingerprint density at radius 1 is 1.11 bits per heavy atom. The average molecular weight is 384 g/mol. The Bertz CT molecular complexity index is 876. The van der Waals surface area contributed by atoms with Gasteiger partial charge in [0.2, 0.25) is 5.91 Å². The first-order chi connectivity index (χ1) is 13.2. The Morgan fingerprint density at radius 3 is 2.29 bits per heavy atom. The standard InChI is InChI=1S/C20H24N4O4/c1-13(2)19(25)22-15-7-5-14(6-8-15)12-21-20(26)17-11-16(24(27)28)9-10-18(17)23(3)4/h5-11,13H,12H2,1-4H3,(H,21,26)(H,22,25). The first-order valence-electron chi connectivity index (χ1n) is 8.82. The number of hydrogen-bond donors (Lipinski definition) is 2. The highest BCUT2D eigenvalue weighted by Crippen LogP contribution is 2.24. The number of benzene rings is 2. The highest BCUT2D eigenvalue weighted by atomic mass is 16.6. The SMILES string of the molecule is CC(C)C(=O)Nc1ccc(CNC(=O)c2cc([N+](=O)[O-])ccc2N(C)C)cc1. The topological polar surface area (TPSA) is 105 Å². The molecule has 0 aliphatic carbocycles. The van der Waals surface area contributed by atoms with Crippen LogP contribution in [-0.2, 0) is 11.3 Å². The van der Waals surface area contributed by atoms with Crippen LogP contribution in [0, 0.1) is 16.0 Å². The molecule has 0 heterocycles. The van der Waals surface area contributed by atoms with E-state index in [0.29, 0.717) is 11.4 Å². The molecule has 8 heteroatoms. The summed E-state index contributed by atoms with van der Waals surface area (Å²) < 4.78 is 0. The summed E-state index contributed by atoms with van der Waals surface area (Å²) >= 11 is 0. The molecule has 0 saturated heterocycles. The molecule has 2 amide bonds. The summed E-state index contributed by atoms with van der Waals surface area (Å²) in [4.78, 5) is 36.5. The zero-order chi connectivity index (χ0) is 20.8. The Hall–Kier alpha value is -3.42. The zero-order valence-electron chi connectivity index (χ0n) is 16.4. The van der Waals surface area contributed by atoms with Gasteiger partial charge < -0.3 is 15.5 Å². The van der Waals surface area contributed by atoms with Gasteiger partial charge in [0.1, 0.15) is 0 Å². The van der Waals surface area contributed by atoms with E-state index in [4.69, 9.17) is 0 Å². The maximum atomic E-state index is 12.6. The van der Waals surface area contributed by atoms with Crippen molar-refractivity contribution in [3.63, 3.8) is 0 Å². The lowest BCUT2D eigenvalue weighted by Gasteiger charge is -2.17. The van der Waals surface area contributed by atoms with Crippen molar-refractivity contribution in [3.8, 4) is 0 Å². The summed E-state index contributed by atoms with van der Waals surface area (Å²) in [6, 6.07) is 11.3. The molecule has 0 saturated carbocycles. The van der Waals surface area contributed by atoms with E-state index in [2.05, 4.69) is 10.6 Å². The van der Waals surface area contributed by atoms with Gasteiger partial charge in [-0.2, -0.15) is 0 Å². The maximum Gasteiger partial charge on any atom is 0.270 e. The fourth-order valence-corrected chi connectivity index (χ4v) is 2.48. The number of anilines is 2. The number of carbonyl (C=O) groups is 2. The monoisotopic (exact) mass is 384 g/mol. The third-order valence-electron chi connectivity index (χ3n) is 4.12. The zero-order valence-corrected chi connectivity index (χ0v) is 16.4. The number of rotatable bonds is 7. The number of carbonyl (C=O) groups excluding carboxylic acids is 2. The number of nitrogens with zero attached hydrogens (tertiary/aromatic N) is 2. The highest BCUT2D eigenvalue weighted by Gasteiger charge is 2.17. The normalized spacial score (nSPS) is 10.5. The van der Waals surface area contributed by atoms with Crippen LogP contribution in [-0.4, -0.2) is 30.8 Å². The average Bonchev–Trinajstić information content (AvgIpc) is 2.66. The number of hydrogen-bond acceptors (Lipinski definition) is 5. The maximum absolute atomic E-state index is 12.6. The van der Waals surface area contributed by atoms with Gasteiger partial charge in [0, 0.05) is 50.1 Å². The second-order valence-corrected chi connectivity index (χ2v) is 6.88. The predicted molar refractivity (Wildman–Crippen MR) is 109 cm³/mol. The van der Waals surface area contributed by atoms with Gasteiger partial charge in [-0.05, 0) is 23.8 Å². The Morgan fingerprint density at radius 2 is 1.75 bits per heavy atom. The molecule has 2 aromatic rings. The minimum Gasteiger partial charge on any atom is -0.377 e. The smallest absolute Gasteiger partial charge is 0.270 e. The second-order valence-electron chi connectivity index (χ2n) is 6.88. The van der Waals surface area contributed by atoms with Crippen LogP contribution in [0.5, 0.6) is 0 Å². The van der Waals surface area contributed by atoms with Crippen molar-refractivity contribution >= 4 is 28.9 Å². The molecule has 2 N–H and O–H groups in total. The summed E-state index contributed by atoms with van der Waals surface area (Å²) in [5, 5.41) is 16.6.